The molecular formula is C17H16ClNO2. The van der Waals surface area contributed by atoms with Crippen molar-refractivity contribution in [2.75, 3.05) is 5.32 Å². The van der Waals surface area contributed by atoms with Crippen LogP contribution < -0.4 is 5.32 Å². The second-order valence-corrected chi connectivity index (χ2v) is 5.09. The van der Waals surface area contributed by atoms with E-state index >= 15 is 0 Å². The third kappa shape index (κ3) is 4.45. The summed E-state index contributed by atoms with van der Waals surface area (Å²) in [6.07, 6.45) is 2.52. The van der Waals surface area contributed by atoms with Crippen LogP contribution in [-0.4, -0.2) is 10.9 Å². The van der Waals surface area contributed by atoms with Crippen LogP contribution >= 0.6 is 11.6 Å². The number of aliphatic hydroxyl groups is 1. The fourth-order valence-electron chi connectivity index (χ4n) is 1.81. The van der Waals surface area contributed by atoms with Crippen LogP contribution in [0.5, 0.6) is 0 Å². The van der Waals surface area contributed by atoms with E-state index in [0.717, 1.165) is 11.3 Å². The Morgan fingerprint density at radius 1 is 1.24 bits per heavy atom. The van der Waals surface area contributed by atoms with Gasteiger partial charge in [-0.05, 0) is 48.9 Å². The van der Waals surface area contributed by atoms with E-state index < -0.39 is 6.10 Å². The van der Waals surface area contributed by atoms with E-state index in [0.29, 0.717) is 10.6 Å². The summed E-state index contributed by atoms with van der Waals surface area (Å²) in [6.45, 7) is 1.71. The van der Waals surface area contributed by atoms with Gasteiger partial charge in [0.25, 0.3) is 0 Å². The monoisotopic (exact) mass is 301 g/mol. The molecule has 0 aliphatic carbocycles. The molecular weight excluding hydrogens is 286 g/mol. The average molecular weight is 302 g/mol. The predicted molar refractivity (Wildman–Crippen MR) is 85.6 cm³/mol. The zero-order valence-electron chi connectivity index (χ0n) is 11.6. The summed E-state index contributed by atoms with van der Waals surface area (Å²) in [5.74, 6) is -0.106. The third-order valence-electron chi connectivity index (χ3n) is 2.98. The molecule has 0 aliphatic heterocycles. The highest BCUT2D eigenvalue weighted by molar-refractivity contribution is 6.30. The molecule has 0 spiro atoms. The molecule has 0 saturated carbocycles. The molecule has 2 N–H and O–H groups in total. The summed E-state index contributed by atoms with van der Waals surface area (Å²) < 4.78 is 0. The van der Waals surface area contributed by atoms with Crippen molar-refractivity contribution in [3.8, 4) is 0 Å². The van der Waals surface area contributed by atoms with Gasteiger partial charge in [0.1, 0.15) is 0 Å². The summed E-state index contributed by atoms with van der Waals surface area (Å²) in [7, 11) is 0. The molecule has 1 atom stereocenters. The number of allylic oxidation sites excluding steroid dienone is 1. The minimum absolute atomic E-state index is 0.106. The van der Waals surface area contributed by atoms with Gasteiger partial charge in [0.15, 0.2) is 5.78 Å². The number of halogens is 1. The second kappa shape index (κ2) is 7.07. The summed E-state index contributed by atoms with van der Waals surface area (Å²) in [4.78, 5) is 11.9. The minimum Gasteiger partial charge on any atom is -0.389 e. The summed E-state index contributed by atoms with van der Waals surface area (Å²) in [6, 6.07) is 14.1. The van der Waals surface area contributed by atoms with Crippen LogP contribution in [0.15, 0.2) is 60.8 Å². The highest BCUT2D eigenvalue weighted by Gasteiger charge is 2.02. The van der Waals surface area contributed by atoms with Gasteiger partial charge in [-0.25, -0.2) is 0 Å². The lowest BCUT2D eigenvalue weighted by Gasteiger charge is -2.07. The minimum atomic E-state index is -0.522. The van der Waals surface area contributed by atoms with E-state index in [9.17, 15) is 9.90 Å². The number of carbonyl (C=O) groups excluding carboxylic acids is 1. The van der Waals surface area contributed by atoms with Crippen molar-refractivity contribution >= 4 is 23.1 Å². The fraction of sp³-hybridized carbons (Fsp3) is 0.118. The van der Waals surface area contributed by atoms with Crippen molar-refractivity contribution in [2.45, 2.75) is 13.0 Å². The van der Waals surface area contributed by atoms with Gasteiger partial charge in [-0.2, -0.15) is 0 Å². The molecule has 2 aromatic carbocycles. The number of hydrogen-bond acceptors (Lipinski definition) is 3. The number of rotatable bonds is 5. The first-order valence-electron chi connectivity index (χ1n) is 6.57. The maximum Gasteiger partial charge on any atom is 0.187 e. The number of benzene rings is 2. The van der Waals surface area contributed by atoms with Gasteiger partial charge in [-0.1, -0.05) is 23.7 Å². The van der Waals surface area contributed by atoms with E-state index in [1.165, 1.54) is 6.08 Å². The van der Waals surface area contributed by atoms with Gasteiger partial charge in [0.2, 0.25) is 0 Å². The van der Waals surface area contributed by atoms with Gasteiger partial charge in [-0.3, -0.25) is 4.79 Å². The Labute approximate surface area is 128 Å². The molecule has 0 saturated heterocycles. The molecule has 0 fully saturated rings. The molecule has 2 rings (SSSR count). The van der Waals surface area contributed by atoms with Crippen LogP contribution in [0.2, 0.25) is 5.02 Å². The number of aliphatic hydroxyl groups excluding tert-OH is 1. The zero-order valence-corrected chi connectivity index (χ0v) is 12.3. The van der Waals surface area contributed by atoms with Crippen LogP contribution in [0, 0.1) is 0 Å². The van der Waals surface area contributed by atoms with Crippen molar-refractivity contribution in [1.82, 2.24) is 0 Å². The molecule has 1 unspecified atom stereocenters. The average Bonchev–Trinajstić information content (AvgIpc) is 2.48. The highest BCUT2D eigenvalue weighted by atomic mass is 35.5. The van der Waals surface area contributed by atoms with Crippen LogP contribution in [0.4, 0.5) is 5.69 Å². The first-order valence-corrected chi connectivity index (χ1v) is 6.95. The number of carbonyl (C=O) groups is 1. The molecule has 108 valence electrons. The standard InChI is InChI=1S/C17H16ClNO2/c1-12(20)14-3-2-4-16(11-14)19-10-9-17(21)13-5-7-15(18)8-6-13/h2-12,19-20H,1H3/b10-9+. The van der Waals surface area contributed by atoms with Crippen molar-refractivity contribution in [3.05, 3.63) is 77.0 Å². The van der Waals surface area contributed by atoms with E-state index in [2.05, 4.69) is 5.32 Å². The van der Waals surface area contributed by atoms with Gasteiger partial charge in [0, 0.05) is 28.5 Å². The molecule has 0 bridgehead atoms. The summed E-state index contributed by atoms with van der Waals surface area (Å²) in [5.41, 5.74) is 2.21. The van der Waals surface area contributed by atoms with E-state index in [-0.39, 0.29) is 5.78 Å². The number of nitrogens with one attached hydrogen (secondary N) is 1. The Morgan fingerprint density at radius 2 is 1.95 bits per heavy atom. The first kappa shape index (κ1) is 15.3. The smallest absolute Gasteiger partial charge is 0.187 e. The summed E-state index contributed by atoms with van der Waals surface area (Å²) in [5, 5.41) is 13.1. The largest absolute Gasteiger partial charge is 0.389 e. The Kier molecular flexibility index (Phi) is 5.14. The van der Waals surface area contributed by atoms with Crippen LogP contribution in [0.1, 0.15) is 28.9 Å². The van der Waals surface area contributed by atoms with E-state index in [1.54, 1.807) is 37.4 Å². The number of hydrogen-bond donors (Lipinski definition) is 2. The normalized spacial score (nSPS) is 12.3. The topological polar surface area (TPSA) is 49.3 Å². The molecule has 0 aromatic heterocycles. The summed E-state index contributed by atoms with van der Waals surface area (Å²) >= 11 is 5.78. The lowest BCUT2D eigenvalue weighted by Crippen LogP contribution is -1.97. The van der Waals surface area contributed by atoms with Crippen molar-refractivity contribution in [2.24, 2.45) is 0 Å². The van der Waals surface area contributed by atoms with Crippen molar-refractivity contribution in [3.63, 3.8) is 0 Å². The number of ketones is 1. The third-order valence-corrected chi connectivity index (χ3v) is 3.23. The van der Waals surface area contributed by atoms with Crippen molar-refractivity contribution < 1.29 is 9.90 Å². The predicted octanol–water partition coefficient (Wildman–Crippen LogP) is 4.20. The van der Waals surface area contributed by atoms with E-state index in [4.69, 9.17) is 11.6 Å². The van der Waals surface area contributed by atoms with Crippen LogP contribution in [0.25, 0.3) is 0 Å². The molecule has 0 radical (unpaired) electrons. The van der Waals surface area contributed by atoms with Crippen molar-refractivity contribution in [1.29, 1.82) is 0 Å². The van der Waals surface area contributed by atoms with Crippen LogP contribution in [0.3, 0.4) is 0 Å². The Morgan fingerprint density at radius 3 is 2.62 bits per heavy atom. The lowest BCUT2D eigenvalue weighted by atomic mass is 10.1. The molecule has 21 heavy (non-hydrogen) atoms. The van der Waals surface area contributed by atoms with Crippen LogP contribution in [-0.2, 0) is 0 Å². The Balaban J connectivity index is 2.00. The Hall–Kier alpha value is -2.10. The van der Waals surface area contributed by atoms with Gasteiger partial charge in [0.05, 0.1) is 6.10 Å². The SMILES string of the molecule is CC(O)c1cccc(N/C=C/C(=O)c2ccc(Cl)cc2)c1. The van der Waals surface area contributed by atoms with Gasteiger partial charge < -0.3 is 10.4 Å². The quantitative estimate of drug-likeness (QED) is 0.643. The Bertz CT molecular complexity index is 648. The highest BCUT2D eigenvalue weighted by Crippen LogP contribution is 2.17. The molecule has 2 aromatic rings. The van der Waals surface area contributed by atoms with Gasteiger partial charge in [-0.15, -0.1) is 0 Å². The number of anilines is 1. The molecule has 4 heteroatoms. The van der Waals surface area contributed by atoms with E-state index in [1.807, 2.05) is 24.3 Å². The molecule has 0 heterocycles. The molecule has 0 amide bonds. The fourth-order valence-corrected chi connectivity index (χ4v) is 1.94. The zero-order chi connectivity index (χ0) is 15.2. The maximum absolute atomic E-state index is 11.9. The maximum atomic E-state index is 11.9. The first-order chi connectivity index (χ1) is 10.1. The van der Waals surface area contributed by atoms with Gasteiger partial charge >= 0.3 is 0 Å². The second-order valence-electron chi connectivity index (χ2n) is 4.65. The lowest BCUT2D eigenvalue weighted by molar-refractivity contribution is 0.104. The molecule has 0 aliphatic rings. The molecule has 3 nitrogen and oxygen atoms in total.